The number of hydrogen-bond donors (Lipinski definition) is 4. The van der Waals surface area contributed by atoms with Gasteiger partial charge >= 0.3 is 0 Å². The standard InChI is InChI=1S/C18H21FN4O2/c1-2-20-18(21-11-13-4-3-5-14(19)10-13)22-12-17(25)23-15-6-8-16(24)9-7-15/h3-10,24H,2,11-12H2,1H3,(H,23,25)(H2,20,21,22). The number of rotatable bonds is 6. The molecule has 0 aliphatic rings. The fourth-order valence-corrected chi connectivity index (χ4v) is 2.06. The first kappa shape index (κ1) is 18.3. The fourth-order valence-electron chi connectivity index (χ4n) is 2.06. The number of halogens is 1. The highest BCUT2D eigenvalue weighted by atomic mass is 19.1. The molecule has 4 N–H and O–H groups in total. The van der Waals surface area contributed by atoms with Crippen molar-refractivity contribution in [1.82, 2.24) is 10.6 Å². The molecular formula is C18H21FN4O2. The zero-order valence-electron chi connectivity index (χ0n) is 13.9. The van der Waals surface area contributed by atoms with Gasteiger partial charge in [-0.25, -0.2) is 9.38 Å². The maximum atomic E-state index is 13.2. The van der Waals surface area contributed by atoms with Crippen molar-refractivity contribution in [2.75, 3.05) is 18.4 Å². The SMILES string of the molecule is CCNC(=NCc1cccc(F)c1)NCC(=O)Nc1ccc(O)cc1. The smallest absolute Gasteiger partial charge is 0.243 e. The van der Waals surface area contributed by atoms with Crippen LogP contribution in [0.2, 0.25) is 0 Å². The predicted molar refractivity (Wildman–Crippen MR) is 96.0 cm³/mol. The molecule has 0 fully saturated rings. The van der Waals surface area contributed by atoms with Crippen LogP contribution in [-0.4, -0.2) is 30.1 Å². The number of amides is 1. The second-order valence-corrected chi connectivity index (χ2v) is 5.27. The fraction of sp³-hybridized carbons (Fsp3) is 0.222. The van der Waals surface area contributed by atoms with E-state index in [2.05, 4.69) is 20.9 Å². The summed E-state index contributed by atoms with van der Waals surface area (Å²) in [6, 6.07) is 12.4. The van der Waals surface area contributed by atoms with Gasteiger partial charge in [0.15, 0.2) is 5.96 Å². The summed E-state index contributed by atoms with van der Waals surface area (Å²) in [6.07, 6.45) is 0. The van der Waals surface area contributed by atoms with Crippen LogP contribution < -0.4 is 16.0 Å². The van der Waals surface area contributed by atoms with E-state index in [-0.39, 0.29) is 24.0 Å². The number of phenolic OH excluding ortho intramolecular Hbond substituents is 1. The van der Waals surface area contributed by atoms with E-state index in [1.165, 1.54) is 24.3 Å². The lowest BCUT2D eigenvalue weighted by atomic mass is 10.2. The lowest BCUT2D eigenvalue weighted by molar-refractivity contribution is -0.115. The summed E-state index contributed by atoms with van der Waals surface area (Å²) in [4.78, 5) is 16.3. The van der Waals surface area contributed by atoms with E-state index in [9.17, 15) is 14.3 Å². The third-order valence-corrected chi connectivity index (χ3v) is 3.22. The van der Waals surface area contributed by atoms with E-state index >= 15 is 0 Å². The van der Waals surface area contributed by atoms with E-state index in [0.717, 1.165) is 5.56 Å². The number of benzene rings is 2. The summed E-state index contributed by atoms with van der Waals surface area (Å²) in [7, 11) is 0. The zero-order chi connectivity index (χ0) is 18.1. The highest BCUT2D eigenvalue weighted by Gasteiger charge is 2.05. The summed E-state index contributed by atoms with van der Waals surface area (Å²) in [5.74, 6) is 0.0450. The van der Waals surface area contributed by atoms with Gasteiger partial charge in [0.05, 0.1) is 13.1 Å². The molecule has 7 heteroatoms. The zero-order valence-corrected chi connectivity index (χ0v) is 13.9. The van der Waals surface area contributed by atoms with Crippen molar-refractivity contribution >= 4 is 17.6 Å². The van der Waals surface area contributed by atoms with Gasteiger partial charge in [0, 0.05) is 12.2 Å². The number of nitrogens with one attached hydrogen (secondary N) is 3. The molecule has 2 aromatic carbocycles. The molecule has 2 aromatic rings. The molecule has 0 aliphatic carbocycles. The van der Waals surface area contributed by atoms with Crippen molar-refractivity contribution in [3.63, 3.8) is 0 Å². The molecule has 6 nitrogen and oxygen atoms in total. The van der Waals surface area contributed by atoms with E-state index < -0.39 is 0 Å². The number of phenols is 1. The summed E-state index contributed by atoms with van der Waals surface area (Å²) >= 11 is 0. The Labute approximate surface area is 145 Å². The number of anilines is 1. The van der Waals surface area contributed by atoms with E-state index in [1.807, 2.05) is 6.92 Å². The molecule has 0 spiro atoms. The van der Waals surface area contributed by atoms with Crippen LogP contribution in [0.25, 0.3) is 0 Å². The molecule has 0 atom stereocenters. The van der Waals surface area contributed by atoms with Crippen LogP contribution >= 0.6 is 0 Å². The van der Waals surface area contributed by atoms with Crippen LogP contribution in [0, 0.1) is 5.82 Å². The molecule has 1 amide bonds. The van der Waals surface area contributed by atoms with Crippen molar-refractivity contribution in [1.29, 1.82) is 0 Å². The van der Waals surface area contributed by atoms with E-state index in [1.54, 1.807) is 24.3 Å². The van der Waals surface area contributed by atoms with Crippen LogP contribution in [-0.2, 0) is 11.3 Å². The lowest BCUT2D eigenvalue weighted by Crippen LogP contribution is -2.41. The van der Waals surface area contributed by atoms with E-state index in [0.29, 0.717) is 24.7 Å². The van der Waals surface area contributed by atoms with Crippen LogP contribution in [0.1, 0.15) is 12.5 Å². The molecule has 2 rings (SSSR count). The summed E-state index contributed by atoms with van der Waals surface area (Å²) in [5.41, 5.74) is 1.33. The van der Waals surface area contributed by atoms with Crippen molar-refractivity contribution < 1.29 is 14.3 Å². The quantitative estimate of drug-likeness (QED) is 0.368. The van der Waals surface area contributed by atoms with Gasteiger partial charge in [0.25, 0.3) is 0 Å². The van der Waals surface area contributed by atoms with Crippen molar-refractivity contribution in [2.45, 2.75) is 13.5 Å². The van der Waals surface area contributed by atoms with Gasteiger partial charge in [-0.05, 0) is 48.9 Å². The van der Waals surface area contributed by atoms with Gasteiger partial charge in [-0.3, -0.25) is 4.79 Å². The molecule has 0 radical (unpaired) electrons. The molecular weight excluding hydrogens is 323 g/mol. The Bertz CT molecular complexity index is 732. The third kappa shape index (κ3) is 6.50. The van der Waals surface area contributed by atoms with Crippen molar-refractivity contribution in [3.8, 4) is 5.75 Å². The van der Waals surface area contributed by atoms with Crippen LogP contribution in [0.15, 0.2) is 53.5 Å². The van der Waals surface area contributed by atoms with E-state index in [4.69, 9.17) is 0 Å². The first-order chi connectivity index (χ1) is 12.1. The van der Waals surface area contributed by atoms with Crippen molar-refractivity contribution in [2.24, 2.45) is 4.99 Å². The van der Waals surface area contributed by atoms with Crippen LogP contribution in [0.5, 0.6) is 5.75 Å². The summed E-state index contributed by atoms with van der Waals surface area (Å²) in [5, 5.41) is 17.9. The van der Waals surface area contributed by atoms with Gasteiger partial charge in [-0.2, -0.15) is 0 Å². The monoisotopic (exact) mass is 344 g/mol. The molecule has 0 saturated heterocycles. The van der Waals surface area contributed by atoms with Crippen molar-refractivity contribution in [3.05, 3.63) is 59.9 Å². The summed E-state index contributed by atoms with van der Waals surface area (Å²) < 4.78 is 13.2. The maximum absolute atomic E-state index is 13.2. The van der Waals surface area contributed by atoms with Gasteiger partial charge in [-0.15, -0.1) is 0 Å². The molecule has 0 bridgehead atoms. The first-order valence-electron chi connectivity index (χ1n) is 7.92. The normalized spacial score (nSPS) is 11.0. The number of nitrogens with zero attached hydrogens (tertiary/aromatic N) is 1. The number of hydrogen-bond acceptors (Lipinski definition) is 3. The minimum absolute atomic E-state index is 0.0237. The Balaban J connectivity index is 1.88. The highest BCUT2D eigenvalue weighted by molar-refractivity contribution is 5.95. The third-order valence-electron chi connectivity index (χ3n) is 3.22. The second kappa shape index (κ2) is 9.27. The van der Waals surface area contributed by atoms with Gasteiger partial charge < -0.3 is 21.1 Å². The van der Waals surface area contributed by atoms with Gasteiger partial charge in [-0.1, -0.05) is 12.1 Å². The Hall–Kier alpha value is -3.09. The van der Waals surface area contributed by atoms with Crippen LogP contribution in [0.4, 0.5) is 10.1 Å². The average molecular weight is 344 g/mol. The Morgan fingerprint density at radius 1 is 1.16 bits per heavy atom. The maximum Gasteiger partial charge on any atom is 0.243 e. The lowest BCUT2D eigenvalue weighted by Gasteiger charge is -2.11. The molecule has 25 heavy (non-hydrogen) atoms. The Morgan fingerprint density at radius 3 is 2.60 bits per heavy atom. The molecule has 0 unspecified atom stereocenters. The number of carbonyl (C=O) groups is 1. The minimum Gasteiger partial charge on any atom is -0.508 e. The number of carbonyl (C=O) groups excluding carboxylic acids is 1. The van der Waals surface area contributed by atoms with Gasteiger partial charge in [0.2, 0.25) is 5.91 Å². The molecule has 0 aromatic heterocycles. The largest absolute Gasteiger partial charge is 0.508 e. The molecule has 132 valence electrons. The predicted octanol–water partition coefficient (Wildman–Crippen LogP) is 2.23. The molecule has 0 heterocycles. The first-order valence-corrected chi connectivity index (χ1v) is 7.92. The highest BCUT2D eigenvalue weighted by Crippen LogP contribution is 2.13. The topological polar surface area (TPSA) is 85.8 Å². The number of guanidine groups is 1. The number of aliphatic imine (C=N–C) groups is 1. The van der Waals surface area contributed by atoms with Gasteiger partial charge in [0.1, 0.15) is 11.6 Å². The molecule has 0 saturated carbocycles. The Morgan fingerprint density at radius 2 is 1.92 bits per heavy atom. The summed E-state index contributed by atoms with van der Waals surface area (Å²) in [6.45, 7) is 2.87. The molecule has 0 aliphatic heterocycles. The second-order valence-electron chi connectivity index (χ2n) is 5.27. The average Bonchev–Trinajstić information content (AvgIpc) is 2.59. The Kier molecular flexibility index (Phi) is 6.76. The minimum atomic E-state index is -0.307. The van der Waals surface area contributed by atoms with Crippen LogP contribution in [0.3, 0.4) is 0 Å². The number of aromatic hydroxyl groups is 1.